The Bertz CT molecular complexity index is 919. The predicted octanol–water partition coefficient (Wildman–Crippen LogP) is 3.85. The summed E-state index contributed by atoms with van der Waals surface area (Å²) in [5.41, 5.74) is 7.54. The van der Waals surface area contributed by atoms with Gasteiger partial charge in [0.1, 0.15) is 23.9 Å². The highest BCUT2D eigenvalue weighted by Gasteiger charge is 2.37. The summed E-state index contributed by atoms with van der Waals surface area (Å²) in [6, 6.07) is 15.3. The number of hydrogen-bond acceptors (Lipinski definition) is 6. The van der Waals surface area contributed by atoms with Gasteiger partial charge in [-0.1, -0.05) is 18.2 Å². The molecule has 8 heteroatoms. The lowest BCUT2D eigenvalue weighted by Crippen LogP contribution is -2.40. The largest absolute Gasteiger partial charge is 0.450 e. The summed E-state index contributed by atoms with van der Waals surface area (Å²) in [5, 5.41) is 25.1. The van der Waals surface area contributed by atoms with Crippen molar-refractivity contribution in [3.05, 3.63) is 56.0 Å². The lowest BCUT2D eigenvalue weighted by Gasteiger charge is -2.21. The third-order valence-corrected chi connectivity index (χ3v) is 5.77. The lowest BCUT2D eigenvalue weighted by molar-refractivity contribution is 0.526. The molecule has 1 aromatic carbocycles. The van der Waals surface area contributed by atoms with Gasteiger partial charge in [-0.15, -0.1) is 0 Å². The second kappa shape index (κ2) is 7.40. The van der Waals surface area contributed by atoms with Gasteiger partial charge in [0.25, 0.3) is 0 Å². The average molecular weight is 508 g/mol. The molecule has 0 fully saturated rings. The van der Waals surface area contributed by atoms with Crippen LogP contribution >= 0.6 is 38.5 Å². The Hall–Kier alpha value is -2.14. The van der Waals surface area contributed by atoms with Crippen LogP contribution < -0.4 is 10.7 Å². The lowest BCUT2D eigenvalue weighted by atomic mass is 9.96. The number of nitrogens with two attached hydrogens (primary N) is 1. The van der Waals surface area contributed by atoms with Gasteiger partial charge in [-0.05, 0) is 34.1 Å². The van der Waals surface area contributed by atoms with Crippen LogP contribution in [0.15, 0.2) is 56.0 Å². The number of anilines is 1. The van der Waals surface area contributed by atoms with Gasteiger partial charge in [0, 0.05) is 28.7 Å². The fourth-order valence-electron chi connectivity index (χ4n) is 2.46. The average Bonchev–Trinajstić information content (AvgIpc) is 3.12. The first-order valence-corrected chi connectivity index (χ1v) is 9.07. The molecule has 6 nitrogen and oxygen atoms in total. The van der Waals surface area contributed by atoms with Gasteiger partial charge in [-0.3, -0.25) is 0 Å². The summed E-state index contributed by atoms with van der Waals surface area (Å²) in [7, 11) is 0. The number of nitriles is 2. The monoisotopic (exact) mass is 507 g/mol. The third-order valence-electron chi connectivity index (χ3n) is 3.64. The Labute approximate surface area is 166 Å². The van der Waals surface area contributed by atoms with Crippen LogP contribution in [0, 0.1) is 32.3 Å². The second-order valence-corrected chi connectivity index (χ2v) is 7.04. The summed E-state index contributed by atoms with van der Waals surface area (Å²) >= 11 is 5.40. The Morgan fingerprint density at radius 2 is 2.08 bits per heavy atom. The molecule has 0 spiro atoms. The first kappa shape index (κ1) is 17.7. The Balaban J connectivity index is 2.03. The van der Waals surface area contributed by atoms with Crippen molar-refractivity contribution in [1.29, 1.82) is 10.5 Å². The van der Waals surface area contributed by atoms with Crippen LogP contribution in [-0.2, 0) is 0 Å². The first-order chi connectivity index (χ1) is 12.0. The SMILES string of the molecule is N#C/C(=C/c1cc(Br)c(I)o1)C1=NN(c2ccccc2)[C@H](N)[C@H]1C#N. The van der Waals surface area contributed by atoms with Gasteiger partial charge in [-0.25, -0.2) is 5.01 Å². The number of hydrogen-bond donors (Lipinski definition) is 1. The van der Waals surface area contributed by atoms with Crippen molar-refractivity contribution < 1.29 is 4.42 Å². The molecule has 0 saturated carbocycles. The zero-order chi connectivity index (χ0) is 18.0. The maximum Gasteiger partial charge on any atom is 0.178 e. The minimum Gasteiger partial charge on any atom is -0.450 e. The highest BCUT2D eigenvalue weighted by atomic mass is 127. The molecule has 0 amide bonds. The molecule has 0 bridgehead atoms. The summed E-state index contributed by atoms with van der Waals surface area (Å²) in [6.45, 7) is 0. The maximum absolute atomic E-state index is 9.56. The van der Waals surface area contributed by atoms with Gasteiger partial charge in [0.05, 0.1) is 27.5 Å². The third kappa shape index (κ3) is 3.47. The van der Waals surface area contributed by atoms with E-state index in [-0.39, 0.29) is 5.57 Å². The maximum atomic E-state index is 9.56. The molecule has 2 heterocycles. The highest BCUT2D eigenvalue weighted by molar-refractivity contribution is 14.1. The van der Waals surface area contributed by atoms with E-state index in [1.54, 1.807) is 17.2 Å². The van der Waals surface area contributed by atoms with Crippen molar-refractivity contribution in [2.45, 2.75) is 6.17 Å². The summed E-state index contributed by atoms with van der Waals surface area (Å²) in [4.78, 5) is 0. The minimum atomic E-state index is -0.719. The zero-order valence-electron chi connectivity index (χ0n) is 12.7. The first-order valence-electron chi connectivity index (χ1n) is 7.20. The van der Waals surface area contributed by atoms with Crippen LogP contribution in [0.4, 0.5) is 5.69 Å². The standard InChI is InChI=1S/C17H11BrIN5O/c18-14-7-12(25-16(14)19)6-10(8-20)15-13(9-21)17(22)24(23-15)11-4-2-1-3-5-11/h1-7,13,17H,22H2/b10-6-/t13-,17-/m0/s1. The van der Waals surface area contributed by atoms with E-state index < -0.39 is 12.1 Å². The number of benzene rings is 1. The number of nitrogens with zero attached hydrogens (tertiary/aromatic N) is 4. The number of halogens is 2. The molecule has 0 unspecified atom stereocenters. The second-order valence-electron chi connectivity index (χ2n) is 5.20. The predicted molar refractivity (Wildman–Crippen MR) is 106 cm³/mol. The molecule has 1 aromatic heterocycles. The minimum absolute atomic E-state index is 0.248. The molecule has 0 aliphatic carbocycles. The Kier molecular flexibility index (Phi) is 5.23. The highest BCUT2D eigenvalue weighted by Crippen LogP contribution is 2.30. The molecule has 2 aromatic rings. The molecule has 25 heavy (non-hydrogen) atoms. The van der Waals surface area contributed by atoms with Crippen molar-refractivity contribution in [2.75, 3.05) is 5.01 Å². The van der Waals surface area contributed by atoms with Crippen molar-refractivity contribution in [3.63, 3.8) is 0 Å². The van der Waals surface area contributed by atoms with Crippen LogP contribution in [0.3, 0.4) is 0 Å². The molecule has 124 valence electrons. The van der Waals surface area contributed by atoms with E-state index in [1.807, 2.05) is 52.9 Å². The summed E-state index contributed by atoms with van der Waals surface area (Å²) in [6.07, 6.45) is 0.903. The smallest absolute Gasteiger partial charge is 0.178 e. The topological polar surface area (TPSA) is 102 Å². The molecular formula is C17H11BrIN5O. The molecule has 0 saturated heterocycles. The van der Waals surface area contributed by atoms with E-state index in [1.165, 1.54) is 0 Å². The fraction of sp³-hybridized carbons (Fsp3) is 0.118. The summed E-state index contributed by atoms with van der Waals surface area (Å²) < 4.78 is 7.01. The molecule has 2 N–H and O–H groups in total. The van der Waals surface area contributed by atoms with Crippen molar-refractivity contribution in [2.24, 2.45) is 16.8 Å². The molecular weight excluding hydrogens is 497 g/mol. The van der Waals surface area contributed by atoms with E-state index in [9.17, 15) is 10.5 Å². The summed E-state index contributed by atoms with van der Waals surface area (Å²) in [5.74, 6) is -0.220. The van der Waals surface area contributed by atoms with E-state index in [0.29, 0.717) is 15.2 Å². The molecule has 1 aliphatic heterocycles. The van der Waals surface area contributed by atoms with Gasteiger partial charge in [0.15, 0.2) is 3.77 Å². The fourth-order valence-corrected chi connectivity index (χ4v) is 3.17. The molecule has 1 aliphatic rings. The van der Waals surface area contributed by atoms with Crippen molar-refractivity contribution >= 4 is 56.0 Å². The van der Waals surface area contributed by atoms with Gasteiger partial charge in [0.2, 0.25) is 0 Å². The quantitative estimate of drug-likeness (QED) is 0.502. The molecule has 0 radical (unpaired) electrons. The van der Waals surface area contributed by atoms with Gasteiger partial charge >= 0.3 is 0 Å². The van der Waals surface area contributed by atoms with Crippen LogP contribution in [0.2, 0.25) is 0 Å². The van der Waals surface area contributed by atoms with Crippen LogP contribution in [-0.4, -0.2) is 11.9 Å². The normalized spacial score (nSPS) is 20.1. The van der Waals surface area contributed by atoms with E-state index in [2.05, 4.69) is 33.2 Å². The van der Waals surface area contributed by atoms with E-state index in [0.717, 1.165) is 10.2 Å². The Morgan fingerprint density at radius 1 is 1.36 bits per heavy atom. The number of furan rings is 1. The zero-order valence-corrected chi connectivity index (χ0v) is 16.5. The van der Waals surface area contributed by atoms with E-state index >= 15 is 0 Å². The van der Waals surface area contributed by atoms with Crippen LogP contribution in [0.1, 0.15) is 5.76 Å². The number of rotatable bonds is 3. The number of hydrazone groups is 1. The van der Waals surface area contributed by atoms with Crippen molar-refractivity contribution in [1.82, 2.24) is 0 Å². The van der Waals surface area contributed by atoms with Gasteiger partial charge in [-0.2, -0.15) is 15.6 Å². The molecule has 2 atom stereocenters. The molecule has 3 rings (SSSR count). The van der Waals surface area contributed by atoms with Crippen molar-refractivity contribution in [3.8, 4) is 12.1 Å². The van der Waals surface area contributed by atoms with Gasteiger partial charge < -0.3 is 10.2 Å². The van der Waals surface area contributed by atoms with Crippen LogP contribution in [0.25, 0.3) is 6.08 Å². The number of allylic oxidation sites excluding steroid dienone is 1. The number of para-hydroxylation sites is 1. The van der Waals surface area contributed by atoms with Crippen LogP contribution in [0.5, 0.6) is 0 Å². The van der Waals surface area contributed by atoms with E-state index in [4.69, 9.17) is 10.2 Å². The Morgan fingerprint density at radius 3 is 2.64 bits per heavy atom.